The molecule has 5 nitrogen and oxygen atoms in total. The maximum atomic E-state index is 13.2. The van der Waals surface area contributed by atoms with E-state index in [1.54, 1.807) is 24.3 Å². The number of rotatable bonds is 5. The first-order valence-corrected chi connectivity index (χ1v) is 11.8. The fourth-order valence-electron chi connectivity index (χ4n) is 5.24. The van der Waals surface area contributed by atoms with Gasteiger partial charge in [0.15, 0.2) is 0 Å². The van der Waals surface area contributed by atoms with Gasteiger partial charge in [-0.15, -0.1) is 0 Å². The molecule has 0 bridgehead atoms. The molecular formula is C29H27NO4. The number of ether oxygens (including phenoxy) is 1. The summed E-state index contributed by atoms with van der Waals surface area (Å²) in [7, 11) is 0. The monoisotopic (exact) mass is 453 g/mol. The number of fused-ring (bicyclic) bond motifs is 1. The lowest BCUT2D eigenvalue weighted by Crippen LogP contribution is -2.30. The predicted octanol–water partition coefficient (Wildman–Crippen LogP) is 5.35. The van der Waals surface area contributed by atoms with Gasteiger partial charge in [-0.2, -0.15) is 0 Å². The highest BCUT2D eigenvalue weighted by atomic mass is 16.5. The van der Waals surface area contributed by atoms with Crippen LogP contribution >= 0.6 is 0 Å². The third kappa shape index (κ3) is 4.14. The molecule has 0 aromatic heterocycles. The Labute approximate surface area is 199 Å². The van der Waals surface area contributed by atoms with Crippen molar-refractivity contribution in [3.63, 3.8) is 0 Å². The van der Waals surface area contributed by atoms with Crippen LogP contribution in [-0.2, 0) is 14.4 Å². The second-order valence-corrected chi connectivity index (χ2v) is 9.31. The summed E-state index contributed by atoms with van der Waals surface area (Å²) in [5, 5.41) is 0. The number of nitrogens with zero attached hydrogens (tertiary/aromatic N) is 1. The zero-order chi connectivity index (χ0) is 23.7. The Kier molecular flexibility index (Phi) is 6.01. The lowest BCUT2D eigenvalue weighted by atomic mass is 9.76. The number of hydrogen-bond donors (Lipinski definition) is 0. The highest BCUT2D eigenvalue weighted by molar-refractivity contribution is 6.22. The molecule has 0 unspecified atom stereocenters. The summed E-state index contributed by atoms with van der Waals surface area (Å²) >= 11 is 0. The third-order valence-corrected chi connectivity index (χ3v) is 7.00. The van der Waals surface area contributed by atoms with Gasteiger partial charge in [-0.1, -0.05) is 67.6 Å². The number of anilines is 1. The van der Waals surface area contributed by atoms with Crippen molar-refractivity contribution >= 4 is 23.5 Å². The van der Waals surface area contributed by atoms with E-state index in [2.05, 4.69) is 6.92 Å². The van der Waals surface area contributed by atoms with E-state index in [1.165, 1.54) is 4.90 Å². The molecule has 1 aliphatic heterocycles. The fraction of sp³-hybridized carbons (Fsp3) is 0.276. The first-order valence-electron chi connectivity index (χ1n) is 11.8. The van der Waals surface area contributed by atoms with Crippen molar-refractivity contribution in [3.8, 4) is 5.75 Å². The molecule has 2 amide bonds. The summed E-state index contributed by atoms with van der Waals surface area (Å²) in [4.78, 5) is 40.5. The molecule has 34 heavy (non-hydrogen) atoms. The minimum Gasteiger partial charge on any atom is -0.426 e. The summed E-state index contributed by atoms with van der Waals surface area (Å²) < 4.78 is 5.74. The minimum atomic E-state index is -0.561. The maximum absolute atomic E-state index is 13.2. The molecule has 2 fully saturated rings. The minimum absolute atomic E-state index is 0.111. The molecule has 172 valence electrons. The van der Waals surface area contributed by atoms with Crippen molar-refractivity contribution in [3.05, 3.63) is 96.1 Å². The summed E-state index contributed by atoms with van der Waals surface area (Å²) in [5.41, 5.74) is 2.22. The van der Waals surface area contributed by atoms with Crippen LogP contribution in [0, 0.1) is 17.8 Å². The van der Waals surface area contributed by atoms with Gasteiger partial charge in [0, 0.05) is 0 Å². The van der Waals surface area contributed by atoms with Gasteiger partial charge in [-0.05, 0) is 60.6 Å². The normalized spacial score (nSPS) is 22.1. The van der Waals surface area contributed by atoms with Crippen molar-refractivity contribution < 1.29 is 19.1 Å². The van der Waals surface area contributed by atoms with Crippen LogP contribution in [0.4, 0.5) is 5.69 Å². The molecule has 5 rings (SSSR count). The number of amides is 2. The van der Waals surface area contributed by atoms with Crippen molar-refractivity contribution in [2.75, 3.05) is 4.90 Å². The molecule has 0 N–H and O–H groups in total. The zero-order valence-electron chi connectivity index (χ0n) is 19.1. The second kappa shape index (κ2) is 9.26. The van der Waals surface area contributed by atoms with Crippen LogP contribution in [0.5, 0.6) is 5.75 Å². The van der Waals surface area contributed by atoms with E-state index >= 15 is 0 Å². The first kappa shape index (κ1) is 22.1. The molecule has 0 radical (unpaired) electrons. The summed E-state index contributed by atoms with van der Waals surface area (Å²) in [5.74, 6) is -0.769. The van der Waals surface area contributed by atoms with Gasteiger partial charge in [-0.3, -0.25) is 19.3 Å². The number of carbonyl (C=O) groups excluding carboxylic acids is 3. The van der Waals surface area contributed by atoms with Crippen molar-refractivity contribution in [2.45, 2.75) is 32.1 Å². The number of esters is 1. The quantitative estimate of drug-likeness (QED) is 0.297. The zero-order valence-corrected chi connectivity index (χ0v) is 19.1. The van der Waals surface area contributed by atoms with Crippen LogP contribution in [0.25, 0.3) is 0 Å². The molecule has 3 atom stereocenters. The topological polar surface area (TPSA) is 63.7 Å². The van der Waals surface area contributed by atoms with Crippen LogP contribution in [0.1, 0.15) is 43.2 Å². The van der Waals surface area contributed by atoms with Crippen LogP contribution in [0.3, 0.4) is 0 Å². The molecule has 3 aromatic carbocycles. The van der Waals surface area contributed by atoms with E-state index < -0.39 is 11.9 Å². The molecule has 5 heteroatoms. The average Bonchev–Trinajstić information content (AvgIpc) is 3.10. The predicted molar refractivity (Wildman–Crippen MR) is 129 cm³/mol. The van der Waals surface area contributed by atoms with Gasteiger partial charge in [0.2, 0.25) is 11.8 Å². The fourth-order valence-corrected chi connectivity index (χ4v) is 5.24. The van der Waals surface area contributed by atoms with E-state index in [1.807, 2.05) is 60.7 Å². The SMILES string of the molecule is C[C@@H]1CC[C@@H]2C(=O)N(c3ccc(OC(=O)C(c4ccccc4)c4ccccc4)cc3)C(=O)[C@@H]2C1. The Balaban J connectivity index is 1.35. The first-order chi connectivity index (χ1) is 16.5. The van der Waals surface area contributed by atoms with Crippen LogP contribution in [0.15, 0.2) is 84.9 Å². The number of imide groups is 1. The lowest BCUT2D eigenvalue weighted by molar-refractivity contribution is -0.135. The molecule has 3 aromatic rings. The lowest BCUT2D eigenvalue weighted by Gasteiger charge is -2.25. The Morgan fingerprint density at radius 2 is 1.35 bits per heavy atom. The number of hydrogen-bond acceptors (Lipinski definition) is 4. The molecule has 2 aliphatic rings. The Bertz CT molecular complexity index is 1150. The Morgan fingerprint density at radius 3 is 1.94 bits per heavy atom. The summed E-state index contributed by atoms with van der Waals surface area (Å²) in [6.07, 6.45) is 2.51. The smallest absolute Gasteiger partial charge is 0.323 e. The molecule has 1 heterocycles. The van der Waals surface area contributed by atoms with Crippen molar-refractivity contribution in [2.24, 2.45) is 17.8 Å². The molecule has 0 spiro atoms. The summed E-state index contributed by atoms with van der Waals surface area (Å²) in [6.45, 7) is 2.14. The van der Waals surface area contributed by atoms with Crippen molar-refractivity contribution in [1.82, 2.24) is 0 Å². The van der Waals surface area contributed by atoms with Gasteiger partial charge in [0.1, 0.15) is 11.7 Å². The molecule has 1 saturated carbocycles. The van der Waals surface area contributed by atoms with Gasteiger partial charge in [0.25, 0.3) is 0 Å². The number of benzene rings is 3. The van der Waals surface area contributed by atoms with E-state index in [-0.39, 0.29) is 23.7 Å². The van der Waals surface area contributed by atoms with E-state index in [0.717, 1.165) is 30.4 Å². The highest BCUT2D eigenvalue weighted by Crippen LogP contribution is 2.42. The molecule has 1 aliphatic carbocycles. The van der Waals surface area contributed by atoms with Crippen LogP contribution in [-0.4, -0.2) is 17.8 Å². The summed E-state index contributed by atoms with van der Waals surface area (Å²) in [6, 6.07) is 25.7. The molecular weight excluding hydrogens is 426 g/mol. The standard InChI is InChI=1S/C29H27NO4/c1-19-12-17-24-25(18-19)28(32)30(27(24)31)22-13-15-23(16-14-22)34-29(33)26(20-8-4-2-5-9-20)21-10-6-3-7-11-21/h2-11,13-16,19,24-26H,12,17-18H2,1H3/t19-,24+,25-/m1/s1. The second-order valence-electron chi connectivity index (χ2n) is 9.31. The largest absolute Gasteiger partial charge is 0.426 e. The van der Waals surface area contributed by atoms with Gasteiger partial charge < -0.3 is 4.74 Å². The Hall–Kier alpha value is -3.73. The van der Waals surface area contributed by atoms with E-state index in [9.17, 15) is 14.4 Å². The van der Waals surface area contributed by atoms with Gasteiger partial charge in [-0.25, -0.2) is 0 Å². The van der Waals surface area contributed by atoms with Gasteiger partial charge >= 0.3 is 5.97 Å². The molecule has 1 saturated heterocycles. The van der Waals surface area contributed by atoms with Crippen LogP contribution < -0.4 is 9.64 Å². The highest BCUT2D eigenvalue weighted by Gasteiger charge is 2.49. The maximum Gasteiger partial charge on any atom is 0.323 e. The number of carbonyl (C=O) groups is 3. The third-order valence-electron chi connectivity index (χ3n) is 7.00. The van der Waals surface area contributed by atoms with E-state index in [4.69, 9.17) is 4.74 Å². The van der Waals surface area contributed by atoms with E-state index in [0.29, 0.717) is 17.4 Å². The Morgan fingerprint density at radius 1 is 0.794 bits per heavy atom. The van der Waals surface area contributed by atoms with Crippen molar-refractivity contribution in [1.29, 1.82) is 0 Å². The van der Waals surface area contributed by atoms with Gasteiger partial charge in [0.05, 0.1) is 17.5 Å². The average molecular weight is 454 g/mol. The van der Waals surface area contributed by atoms with Crippen LogP contribution in [0.2, 0.25) is 0 Å².